The monoisotopic (exact) mass is 357 g/mol. The number of benzene rings is 2. The van der Waals surface area contributed by atoms with Gasteiger partial charge in [-0.05, 0) is 37.5 Å². The molecule has 4 heteroatoms. The Bertz CT molecular complexity index is 970. The zero-order chi connectivity index (χ0) is 18.6. The molecule has 4 rings (SSSR count). The first-order valence-corrected chi connectivity index (χ1v) is 9.43. The van der Waals surface area contributed by atoms with E-state index in [1.165, 1.54) is 5.56 Å². The zero-order valence-electron chi connectivity index (χ0n) is 15.6. The molecule has 0 spiro atoms. The van der Waals surface area contributed by atoms with E-state index in [-0.39, 0.29) is 6.10 Å². The van der Waals surface area contributed by atoms with E-state index in [1.54, 1.807) is 0 Å². The minimum Gasteiger partial charge on any atom is -0.490 e. The van der Waals surface area contributed by atoms with Crippen LogP contribution in [-0.2, 0) is 6.54 Å². The van der Waals surface area contributed by atoms with Crippen molar-refractivity contribution in [2.75, 3.05) is 13.1 Å². The maximum absolute atomic E-state index is 7.26. The molecule has 0 aliphatic carbocycles. The quantitative estimate of drug-likeness (QED) is 0.606. The van der Waals surface area contributed by atoms with Gasteiger partial charge in [-0.25, -0.2) is 4.85 Å². The summed E-state index contributed by atoms with van der Waals surface area (Å²) >= 11 is 0. The number of pyridine rings is 1. The Balaban J connectivity index is 1.45. The van der Waals surface area contributed by atoms with E-state index >= 15 is 0 Å². The van der Waals surface area contributed by atoms with E-state index in [0.717, 1.165) is 54.8 Å². The second-order valence-corrected chi connectivity index (χ2v) is 7.15. The van der Waals surface area contributed by atoms with Crippen LogP contribution in [0.5, 0.6) is 5.75 Å². The van der Waals surface area contributed by atoms with Crippen molar-refractivity contribution in [2.45, 2.75) is 32.4 Å². The molecule has 27 heavy (non-hydrogen) atoms. The number of nitrogens with zero attached hydrogens (tertiary/aromatic N) is 3. The molecule has 1 aliphatic rings. The SMILES string of the molecule is [C-]#[N+]c1ccc2nc(C)cc(OC3CCN(Cc4ccccc4)CC3)c2c1. The van der Waals surface area contributed by atoms with Gasteiger partial charge in [-0.1, -0.05) is 36.4 Å². The van der Waals surface area contributed by atoms with Crippen molar-refractivity contribution in [1.29, 1.82) is 0 Å². The third kappa shape index (κ3) is 4.10. The molecule has 0 amide bonds. The normalized spacial score (nSPS) is 15.6. The molecule has 2 heterocycles. The van der Waals surface area contributed by atoms with Crippen LogP contribution in [-0.4, -0.2) is 29.1 Å². The maximum Gasteiger partial charge on any atom is 0.188 e. The lowest BCUT2D eigenvalue weighted by atomic mass is 10.1. The zero-order valence-corrected chi connectivity index (χ0v) is 15.6. The maximum atomic E-state index is 7.26. The molecule has 0 radical (unpaired) electrons. The van der Waals surface area contributed by atoms with Gasteiger partial charge >= 0.3 is 0 Å². The van der Waals surface area contributed by atoms with Crippen molar-refractivity contribution in [3.8, 4) is 5.75 Å². The van der Waals surface area contributed by atoms with Crippen molar-refractivity contribution in [1.82, 2.24) is 9.88 Å². The second kappa shape index (κ2) is 7.77. The van der Waals surface area contributed by atoms with E-state index in [9.17, 15) is 0 Å². The number of aromatic nitrogens is 1. The molecule has 3 aromatic rings. The van der Waals surface area contributed by atoms with Crippen molar-refractivity contribution in [3.63, 3.8) is 0 Å². The summed E-state index contributed by atoms with van der Waals surface area (Å²) in [6.07, 6.45) is 2.23. The highest BCUT2D eigenvalue weighted by molar-refractivity contribution is 5.88. The Hall–Kier alpha value is -2.90. The lowest BCUT2D eigenvalue weighted by Gasteiger charge is -2.32. The van der Waals surface area contributed by atoms with Gasteiger partial charge in [-0.2, -0.15) is 0 Å². The number of aryl methyl sites for hydroxylation is 1. The van der Waals surface area contributed by atoms with Crippen LogP contribution in [0.3, 0.4) is 0 Å². The molecule has 0 N–H and O–H groups in total. The van der Waals surface area contributed by atoms with Gasteiger partial charge in [-0.3, -0.25) is 9.88 Å². The second-order valence-electron chi connectivity index (χ2n) is 7.15. The molecule has 0 saturated carbocycles. The first kappa shape index (κ1) is 17.5. The minimum absolute atomic E-state index is 0.207. The van der Waals surface area contributed by atoms with Gasteiger partial charge < -0.3 is 4.74 Å². The third-order valence-corrected chi connectivity index (χ3v) is 5.09. The summed E-state index contributed by atoms with van der Waals surface area (Å²) in [5, 5.41) is 0.931. The van der Waals surface area contributed by atoms with E-state index in [0.29, 0.717) is 5.69 Å². The predicted molar refractivity (Wildman–Crippen MR) is 108 cm³/mol. The minimum atomic E-state index is 0.207. The molecule has 136 valence electrons. The summed E-state index contributed by atoms with van der Waals surface area (Å²) in [5.41, 5.74) is 3.81. The number of hydrogen-bond acceptors (Lipinski definition) is 3. The van der Waals surface area contributed by atoms with Crippen molar-refractivity contribution >= 4 is 16.6 Å². The fourth-order valence-corrected chi connectivity index (χ4v) is 3.68. The van der Waals surface area contributed by atoms with Gasteiger partial charge in [0.05, 0.1) is 12.1 Å². The topological polar surface area (TPSA) is 29.7 Å². The number of hydrogen-bond donors (Lipinski definition) is 0. The first-order chi connectivity index (χ1) is 13.2. The van der Waals surface area contributed by atoms with E-state index in [1.807, 2.05) is 31.2 Å². The highest BCUT2D eigenvalue weighted by atomic mass is 16.5. The highest BCUT2D eigenvalue weighted by Gasteiger charge is 2.21. The molecule has 4 nitrogen and oxygen atoms in total. The Kier molecular flexibility index (Phi) is 5.04. The average molecular weight is 357 g/mol. The Labute approximate surface area is 160 Å². The van der Waals surface area contributed by atoms with Crippen LogP contribution in [0.15, 0.2) is 54.6 Å². The summed E-state index contributed by atoms with van der Waals surface area (Å²) in [6, 6.07) is 18.2. The van der Waals surface area contributed by atoms with E-state index in [4.69, 9.17) is 11.3 Å². The Morgan fingerprint density at radius 3 is 2.63 bits per heavy atom. The molecule has 1 aromatic heterocycles. The Morgan fingerprint density at radius 2 is 1.89 bits per heavy atom. The van der Waals surface area contributed by atoms with Crippen LogP contribution in [0.4, 0.5) is 5.69 Å². The molecule has 0 unspecified atom stereocenters. The third-order valence-electron chi connectivity index (χ3n) is 5.09. The van der Waals surface area contributed by atoms with Crippen molar-refractivity contribution in [3.05, 3.63) is 77.3 Å². The fraction of sp³-hybridized carbons (Fsp3) is 0.304. The summed E-state index contributed by atoms with van der Waals surface area (Å²) < 4.78 is 6.38. The van der Waals surface area contributed by atoms with E-state index < -0.39 is 0 Å². The first-order valence-electron chi connectivity index (χ1n) is 9.43. The standard InChI is InChI=1S/C23H23N3O/c1-17-14-23(21-15-19(24-2)8-9-22(21)25-17)27-20-10-12-26(13-11-20)16-18-6-4-3-5-7-18/h3-9,14-15,20H,10-13,16H2,1H3. The lowest BCUT2D eigenvalue weighted by molar-refractivity contribution is 0.0979. The van der Waals surface area contributed by atoms with E-state index in [2.05, 4.69) is 45.1 Å². The van der Waals surface area contributed by atoms with Crippen LogP contribution in [0, 0.1) is 13.5 Å². The van der Waals surface area contributed by atoms with Gasteiger partial charge in [-0.15, -0.1) is 0 Å². The number of likely N-dealkylation sites (tertiary alicyclic amines) is 1. The molecule has 2 aromatic carbocycles. The average Bonchev–Trinajstić information content (AvgIpc) is 2.70. The number of ether oxygens (including phenoxy) is 1. The molecule has 0 atom stereocenters. The van der Waals surface area contributed by atoms with Crippen LogP contribution < -0.4 is 4.74 Å². The van der Waals surface area contributed by atoms with Crippen LogP contribution >= 0.6 is 0 Å². The summed E-state index contributed by atoms with van der Waals surface area (Å²) in [7, 11) is 0. The van der Waals surface area contributed by atoms with Gasteiger partial charge in [0.1, 0.15) is 11.9 Å². The number of rotatable bonds is 4. The fourth-order valence-electron chi connectivity index (χ4n) is 3.68. The highest BCUT2D eigenvalue weighted by Crippen LogP contribution is 2.31. The van der Waals surface area contributed by atoms with Crippen molar-refractivity contribution < 1.29 is 4.74 Å². The van der Waals surface area contributed by atoms with Gasteiger partial charge in [0, 0.05) is 36.8 Å². The van der Waals surface area contributed by atoms with Crippen LogP contribution in [0.1, 0.15) is 24.1 Å². The largest absolute Gasteiger partial charge is 0.490 e. The number of piperidine rings is 1. The molecular formula is C23H23N3O. The predicted octanol–water partition coefficient (Wildman–Crippen LogP) is 5.14. The molecule has 1 aliphatic heterocycles. The van der Waals surface area contributed by atoms with Crippen LogP contribution in [0.25, 0.3) is 15.7 Å². The van der Waals surface area contributed by atoms with Gasteiger partial charge in [0.15, 0.2) is 5.69 Å². The summed E-state index contributed by atoms with van der Waals surface area (Å²) in [4.78, 5) is 10.6. The Morgan fingerprint density at radius 1 is 1.11 bits per heavy atom. The number of fused-ring (bicyclic) bond motifs is 1. The summed E-state index contributed by atoms with van der Waals surface area (Å²) in [6.45, 7) is 12.3. The smallest absolute Gasteiger partial charge is 0.188 e. The molecule has 0 bridgehead atoms. The molecule has 1 fully saturated rings. The molecular weight excluding hydrogens is 334 g/mol. The lowest BCUT2D eigenvalue weighted by Crippen LogP contribution is -2.37. The van der Waals surface area contributed by atoms with Crippen LogP contribution in [0.2, 0.25) is 0 Å². The molecule has 1 saturated heterocycles. The van der Waals surface area contributed by atoms with Gasteiger partial charge in [0.25, 0.3) is 0 Å². The van der Waals surface area contributed by atoms with Gasteiger partial charge in [0.2, 0.25) is 0 Å². The summed E-state index contributed by atoms with van der Waals surface area (Å²) in [5.74, 6) is 0.851. The van der Waals surface area contributed by atoms with Crippen molar-refractivity contribution in [2.24, 2.45) is 0 Å².